The molecule has 0 radical (unpaired) electrons. The quantitative estimate of drug-likeness (QED) is 0.351. The maximum Gasteiger partial charge on any atom is 0.306 e. The van der Waals surface area contributed by atoms with E-state index < -0.39 is 17.4 Å². The van der Waals surface area contributed by atoms with Crippen molar-refractivity contribution in [3.63, 3.8) is 0 Å². The largest absolute Gasteiger partial charge is 0.497 e. The predicted molar refractivity (Wildman–Crippen MR) is 141 cm³/mol. The fraction of sp³-hybridized carbons (Fsp3) is 0.345. The molecule has 2 aromatic heterocycles. The monoisotopic (exact) mass is 518 g/mol. The van der Waals surface area contributed by atoms with Crippen molar-refractivity contribution >= 4 is 16.9 Å². The van der Waals surface area contributed by atoms with Crippen LogP contribution in [-0.4, -0.2) is 36.0 Å². The summed E-state index contributed by atoms with van der Waals surface area (Å²) in [6, 6.07) is 10.9. The van der Waals surface area contributed by atoms with Crippen LogP contribution in [0.5, 0.6) is 11.5 Å². The van der Waals surface area contributed by atoms with Gasteiger partial charge in [-0.05, 0) is 62.1 Å². The molecule has 38 heavy (non-hydrogen) atoms. The Morgan fingerprint density at radius 1 is 1.11 bits per heavy atom. The molecule has 1 aliphatic heterocycles. The lowest BCUT2D eigenvalue weighted by atomic mass is 9.87. The van der Waals surface area contributed by atoms with Crippen molar-refractivity contribution in [2.24, 2.45) is 0 Å². The second kappa shape index (κ2) is 9.89. The molecule has 5 rings (SSSR count). The number of fused-ring (bicyclic) bond motifs is 2. The molecule has 0 unspecified atom stereocenters. The maximum atomic E-state index is 13.6. The Morgan fingerprint density at radius 3 is 2.68 bits per heavy atom. The molecule has 1 aliphatic rings. The zero-order valence-electron chi connectivity index (χ0n) is 21.8. The molecule has 1 atom stereocenters. The van der Waals surface area contributed by atoms with E-state index in [2.05, 4.69) is 30.1 Å². The molecule has 3 heterocycles. The third-order valence-electron chi connectivity index (χ3n) is 7.11. The van der Waals surface area contributed by atoms with Gasteiger partial charge in [0.15, 0.2) is 5.43 Å². The van der Waals surface area contributed by atoms with Crippen LogP contribution in [0.1, 0.15) is 60.6 Å². The fourth-order valence-electron chi connectivity index (χ4n) is 5.05. The first-order chi connectivity index (χ1) is 18.2. The Hall–Kier alpha value is -4.27. The van der Waals surface area contributed by atoms with Crippen molar-refractivity contribution in [2.45, 2.75) is 51.0 Å². The first-order valence-corrected chi connectivity index (χ1v) is 12.5. The van der Waals surface area contributed by atoms with Crippen LogP contribution in [0.4, 0.5) is 0 Å². The summed E-state index contributed by atoms with van der Waals surface area (Å²) in [5, 5.41) is 5.89. The van der Waals surface area contributed by atoms with Gasteiger partial charge in [-0.25, -0.2) is 0 Å². The van der Waals surface area contributed by atoms with E-state index in [9.17, 15) is 14.4 Å². The minimum Gasteiger partial charge on any atom is -0.497 e. The van der Waals surface area contributed by atoms with Gasteiger partial charge < -0.3 is 23.7 Å². The van der Waals surface area contributed by atoms with E-state index in [1.165, 1.54) is 20.5 Å². The van der Waals surface area contributed by atoms with Crippen LogP contribution in [-0.2, 0) is 22.4 Å². The Bertz CT molecular complexity index is 1630. The van der Waals surface area contributed by atoms with E-state index in [1.54, 1.807) is 18.2 Å². The van der Waals surface area contributed by atoms with Crippen LogP contribution in [0.3, 0.4) is 0 Å². The number of methoxy groups -OCH3 is 2. The number of ether oxygens (including phenoxy) is 3. The van der Waals surface area contributed by atoms with Gasteiger partial charge in [0.25, 0.3) is 5.56 Å². The number of H-pyrrole nitrogens is 2. The second-order valence-electron chi connectivity index (χ2n) is 10.2. The summed E-state index contributed by atoms with van der Waals surface area (Å²) in [6.45, 7) is 4.14. The van der Waals surface area contributed by atoms with Crippen molar-refractivity contribution < 1.29 is 23.4 Å². The molecular weight excluding hydrogens is 488 g/mol. The van der Waals surface area contributed by atoms with E-state index in [-0.39, 0.29) is 23.0 Å². The van der Waals surface area contributed by atoms with Crippen LogP contribution in [0.15, 0.2) is 56.7 Å². The zero-order chi connectivity index (χ0) is 27.0. The van der Waals surface area contributed by atoms with E-state index in [4.69, 9.17) is 18.6 Å². The van der Waals surface area contributed by atoms with Gasteiger partial charge in [-0.1, -0.05) is 12.1 Å². The summed E-state index contributed by atoms with van der Waals surface area (Å²) in [4.78, 5) is 39.1. The van der Waals surface area contributed by atoms with E-state index >= 15 is 0 Å². The molecule has 0 spiro atoms. The van der Waals surface area contributed by atoms with Gasteiger partial charge in [0, 0.05) is 29.2 Å². The van der Waals surface area contributed by atoms with Crippen molar-refractivity contribution in [1.82, 2.24) is 10.2 Å². The second-order valence-corrected chi connectivity index (χ2v) is 10.2. The molecular formula is C29H30N2O7. The Morgan fingerprint density at radius 2 is 1.92 bits per heavy atom. The molecule has 2 N–H and O–H groups in total. The van der Waals surface area contributed by atoms with Gasteiger partial charge in [-0.15, -0.1) is 0 Å². The van der Waals surface area contributed by atoms with Crippen LogP contribution in [0.2, 0.25) is 0 Å². The molecule has 4 aromatic rings. The average Bonchev–Trinajstić information content (AvgIpc) is 3.26. The highest BCUT2D eigenvalue weighted by Gasteiger charge is 2.30. The molecule has 0 fully saturated rings. The number of carbonyl (C=O) groups is 1. The van der Waals surface area contributed by atoms with Crippen molar-refractivity contribution in [3.05, 3.63) is 91.2 Å². The molecule has 0 aliphatic carbocycles. The third-order valence-corrected chi connectivity index (χ3v) is 7.11. The number of hydrogen-bond donors (Lipinski definition) is 2. The lowest BCUT2D eigenvalue weighted by Crippen LogP contribution is -2.32. The Labute approximate surface area is 218 Å². The summed E-state index contributed by atoms with van der Waals surface area (Å²) in [6.07, 6.45) is 3.28. The minimum absolute atomic E-state index is 0.184. The number of carbonyl (C=O) groups excluding carboxylic acids is 1. The Kier molecular flexibility index (Phi) is 6.60. The number of benzene rings is 2. The first kappa shape index (κ1) is 25.4. The van der Waals surface area contributed by atoms with Crippen LogP contribution in [0, 0.1) is 0 Å². The summed E-state index contributed by atoms with van der Waals surface area (Å²) < 4.78 is 22.0. The highest BCUT2D eigenvalue weighted by molar-refractivity contribution is 5.79. The molecule has 198 valence electrons. The van der Waals surface area contributed by atoms with Gasteiger partial charge in [-0.3, -0.25) is 19.5 Å². The number of esters is 1. The normalized spacial score (nSPS) is 14.9. The average molecular weight is 519 g/mol. The topological polar surface area (TPSA) is 124 Å². The summed E-state index contributed by atoms with van der Waals surface area (Å²) in [5.74, 6) is -0.0896. The van der Waals surface area contributed by atoms with Gasteiger partial charge in [0.2, 0.25) is 0 Å². The van der Waals surface area contributed by atoms with Crippen molar-refractivity contribution in [2.75, 3.05) is 14.2 Å². The van der Waals surface area contributed by atoms with E-state index in [1.807, 2.05) is 12.1 Å². The van der Waals surface area contributed by atoms with Crippen molar-refractivity contribution in [3.8, 4) is 11.5 Å². The van der Waals surface area contributed by atoms with Crippen LogP contribution < -0.4 is 20.5 Å². The summed E-state index contributed by atoms with van der Waals surface area (Å²) in [5.41, 5.74) is 2.53. The Balaban J connectivity index is 1.57. The number of aromatic nitrogens is 2. The number of aryl methyl sites for hydroxylation is 1. The molecule has 2 aromatic carbocycles. The maximum absolute atomic E-state index is 13.6. The van der Waals surface area contributed by atoms with Gasteiger partial charge >= 0.3 is 5.97 Å². The molecule has 9 nitrogen and oxygen atoms in total. The first-order valence-electron chi connectivity index (χ1n) is 12.5. The van der Waals surface area contributed by atoms with Crippen LogP contribution in [0.25, 0.3) is 11.0 Å². The SMILES string of the molecule is COC(=O)C[C@H](c1c(Cc2ccc3c(c2)CCC(C)(C)O3)[nH][nH]c1=O)c1coc2ccc(OC)cc2c1=O. The highest BCUT2D eigenvalue weighted by Crippen LogP contribution is 2.35. The third kappa shape index (κ3) is 4.83. The fourth-order valence-corrected chi connectivity index (χ4v) is 5.05. The van der Waals surface area contributed by atoms with Crippen LogP contribution >= 0.6 is 0 Å². The number of aromatic amines is 2. The molecule has 0 amide bonds. The van der Waals surface area contributed by atoms with E-state index in [0.29, 0.717) is 34.4 Å². The van der Waals surface area contributed by atoms with Gasteiger partial charge in [-0.2, -0.15) is 0 Å². The lowest BCUT2D eigenvalue weighted by Gasteiger charge is -2.32. The number of nitrogens with one attached hydrogen (secondary N) is 2. The molecule has 0 saturated heterocycles. The number of hydrogen-bond acceptors (Lipinski definition) is 7. The molecule has 0 bridgehead atoms. The summed E-state index contributed by atoms with van der Waals surface area (Å²) >= 11 is 0. The lowest BCUT2D eigenvalue weighted by molar-refractivity contribution is -0.140. The molecule has 9 heteroatoms. The van der Waals surface area contributed by atoms with Crippen molar-refractivity contribution in [1.29, 1.82) is 0 Å². The molecule has 0 saturated carbocycles. The zero-order valence-corrected chi connectivity index (χ0v) is 21.8. The smallest absolute Gasteiger partial charge is 0.306 e. The minimum atomic E-state index is -0.888. The predicted octanol–water partition coefficient (Wildman–Crippen LogP) is 4.21. The number of rotatable bonds is 7. The van der Waals surface area contributed by atoms with E-state index in [0.717, 1.165) is 29.7 Å². The highest BCUT2D eigenvalue weighted by atomic mass is 16.5. The summed E-state index contributed by atoms with van der Waals surface area (Å²) in [7, 11) is 2.78. The van der Waals surface area contributed by atoms with Gasteiger partial charge in [0.1, 0.15) is 22.7 Å². The van der Waals surface area contributed by atoms with Gasteiger partial charge in [0.05, 0.1) is 32.3 Å². The standard InChI is InChI=1S/C29H30N2O7/c1-29(2)10-9-17-11-16(5-7-23(17)38-29)12-22-26(28(34)31-30-22)19(14-25(32)36-4)21-15-37-24-8-6-18(35-3)13-20(24)27(21)33/h5-8,11,13,15,19H,9-10,12,14H2,1-4H3,(H2,30,31,34)/t19-/m0/s1.